The highest BCUT2D eigenvalue weighted by molar-refractivity contribution is 5.64. The van der Waals surface area contributed by atoms with E-state index in [1.807, 2.05) is 12.1 Å². The second-order valence-electron chi connectivity index (χ2n) is 8.83. The van der Waals surface area contributed by atoms with Gasteiger partial charge in [0.2, 0.25) is 0 Å². The first-order chi connectivity index (χ1) is 15.2. The van der Waals surface area contributed by atoms with Gasteiger partial charge < -0.3 is 4.74 Å². The summed E-state index contributed by atoms with van der Waals surface area (Å²) in [4.78, 5) is 0. The fourth-order valence-electron chi connectivity index (χ4n) is 4.51. The van der Waals surface area contributed by atoms with E-state index in [2.05, 4.69) is 23.8 Å². The van der Waals surface area contributed by atoms with Crippen molar-refractivity contribution in [3.8, 4) is 16.9 Å². The van der Waals surface area contributed by atoms with E-state index in [1.165, 1.54) is 75.5 Å². The summed E-state index contributed by atoms with van der Waals surface area (Å²) >= 11 is 0. The van der Waals surface area contributed by atoms with E-state index in [1.54, 1.807) is 0 Å². The Labute approximate surface area is 187 Å². The standard InChI is InChI=1S/C26H31F5O/c1-2-3-4-5-6-19-7-9-20(10-8-19)21-11-13-22(14-12-21)23-15-17-24(18-16-23)32-26(30,31)25(27,28)29/h11-20H,2-10H2,1H3. The number of hydrogen-bond donors (Lipinski definition) is 0. The van der Waals surface area contributed by atoms with Crippen molar-refractivity contribution in [2.75, 3.05) is 0 Å². The topological polar surface area (TPSA) is 9.23 Å². The van der Waals surface area contributed by atoms with Crippen molar-refractivity contribution in [1.29, 1.82) is 0 Å². The second kappa shape index (κ2) is 10.7. The Morgan fingerprint density at radius 1 is 0.750 bits per heavy atom. The van der Waals surface area contributed by atoms with Crippen LogP contribution < -0.4 is 4.74 Å². The zero-order valence-corrected chi connectivity index (χ0v) is 18.4. The van der Waals surface area contributed by atoms with Crippen LogP contribution in [0.25, 0.3) is 11.1 Å². The fourth-order valence-corrected chi connectivity index (χ4v) is 4.51. The minimum absolute atomic E-state index is 0.529. The van der Waals surface area contributed by atoms with Crippen LogP contribution in [0, 0.1) is 5.92 Å². The summed E-state index contributed by atoms with van der Waals surface area (Å²) in [5.41, 5.74) is 2.92. The van der Waals surface area contributed by atoms with E-state index in [4.69, 9.17) is 0 Å². The monoisotopic (exact) mass is 454 g/mol. The van der Waals surface area contributed by atoms with Crippen LogP contribution in [0.3, 0.4) is 0 Å². The molecule has 2 aromatic rings. The third-order valence-electron chi connectivity index (χ3n) is 6.46. The first-order valence-electron chi connectivity index (χ1n) is 11.5. The van der Waals surface area contributed by atoms with Gasteiger partial charge in [0.25, 0.3) is 0 Å². The number of ether oxygens (including phenoxy) is 1. The largest absolute Gasteiger partial charge is 0.499 e. The van der Waals surface area contributed by atoms with E-state index in [0.717, 1.165) is 29.2 Å². The summed E-state index contributed by atoms with van der Waals surface area (Å²) in [6.07, 6.45) is 0.637. The van der Waals surface area contributed by atoms with Gasteiger partial charge in [0.05, 0.1) is 0 Å². The van der Waals surface area contributed by atoms with Crippen molar-refractivity contribution in [3.05, 3.63) is 54.1 Å². The third kappa shape index (κ3) is 6.46. The summed E-state index contributed by atoms with van der Waals surface area (Å²) in [6.45, 7) is 2.24. The third-order valence-corrected chi connectivity index (χ3v) is 6.46. The Kier molecular flexibility index (Phi) is 8.18. The van der Waals surface area contributed by atoms with Crippen LogP contribution in [-0.4, -0.2) is 12.3 Å². The molecular weight excluding hydrogens is 423 g/mol. The highest BCUT2D eigenvalue weighted by Crippen LogP contribution is 2.39. The summed E-state index contributed by atoms with van der Waals surface area (Å²) < 4.78 is 66.8. The van der Waals surface area contributed by atoms with Gasteiger partial charge >= 0.3 is 12.3 Å². The summed E-state index contributed by atoms with van der Waals surface area (Å²) in [7, 11) is 0. The van der Waals surface area contributed by atoms with Crippen molar-refractivity contribution in [1.82, 2.24) is 0 Å². The lowest BCUT2D eigenvalue weighted by Crippen LogP contribution is -2.41. The van der Waals surface area contributed by atoms with Gasteiger partial charge in [0.15, 0.2) is 0 Å². The number of halogens is 5. The van der Waals surface area contributed by atoms with Gasteiger partial charge in [-0.05, 0) is 66.3 Å². The molecule has 176 valence electrons. The quantitative estimate of drug-likeness (QED) is 0.271. The SMILES string of the molecule is CCCCCCC1CCC(c2ccc(-c3ccc(OC(F)(F)C(F)(F)F)cc3)cc2)CC1. The molecular formula is C26H31F5O. The average molecular weight is 455 g/mol. The maximum Gasteiger partial charge on any atom is 0.499 e. The van der Waals surface area contributed by atoms with Crippen LogP contribution in [0.5, 0.6) is 5.75 Å². The smallest absolute Gasteiger partial charge is 0.426 e. The first kappa shape index (κ1) is 24.5. The van der Waals surface area contributed by atoms with Gasteiger partial charge in [-0.1, -0.05) is 75.4 Å². The molecule has 1 aliphatic rings. The zero-order valence-electron chi connectivity index (χ0n) is 18.4. The molecule has 0 bridgehead atoms. The molecule has 0 amide bonds. The molecule has 0 radical (unpaired) electrons. The van der Waals surface area contributed by atoms with Crippen LogP contribution in [-0.2, 0) is 0 Å². The Morgan fingerprint density at radius 2 is 1.31 bits per heavy atom. The molecule has 0 heterocycles. The minimum atomic E-state index is -5.75. The molecule has 0 saturated heterocycles. The van der Waals surface area contributed by atoms with Crippen LogP contribution in [0.15, 0.2) is 48.5 Å². The Hall–Kier alpha value is -2.11. The Balaban J connectivity index is 1.54. The van der Waals surface area contributed by atoms with E-state index < -0.39 is 18.0 Å². The molecule has 0 aromatic heterocycles. The minimum Gasteiger partial charge on any atom is -0.426 e. The molecule has 0 unspecified atom stereocenters. The molecule has 1 aliphatic carbocycles. The molecule has 1 saturated carbocycles. The van der Waals surface area contributed by atoms with Crippen molar-refractivity contribution in [3.63, 3.8) is 0 Å². The number of rotatable bonds is 9. The van der Waals surface area contributed by atoms with Gasteiger partial charge in [0, 0.05) is 0 Å². The van der Waals surface area contributed by atoms with Crippen LogP contribution in [0.2, 0.25) is 0 Å². The molecule has 1 nitrogen and oxygen atoms in total. The molecule has 2 aromatic carbocycles. The van der Waals surface area contributed by atoms with Gasteiger partial charge in [-0.3, -0.25) is 0 Å². The fraction of sp³-hybridized carbons (Fsp3) is 0.538. The lowest BCUT2D eigenvalue weighted by Gasteiger charge is -2.29. The van der Waals surface area contributed by atoms with E-state index >= 15 is 0 Å². The molecule has 32 heavy (non-hydrogen) atoms. The maximum absolute atomic E-state index is 13.0. The summed E-state index contributed by atoms with van der Waals surface area (Å²) in [6, 6.07) is 13.4. The summed E-state index contributed by atoms with van der Waals surface area (Å²) in [5, 5.41) is 0. The number of hydrogen-bond acceptors (Lipinski definition) is 1. The van der Waals surface area contributed by atoms with Gasteiger partial charge in [-0.15, -0.1) is 0 Å². The Morgan fingerprint density at radius 3 is 1.84 bits per heavy atom. The van der Waals surface area contributed by atoms with Crippen molar-refractivity contribution >= 4 is 0 Å². The lowest BCUT2D eigenvalue weighted by atomic mass is 9.77. The predicted octanol–water partition coefficient (Wildman–Crippen LogP) is 9.13. The van der Waals surface area contributed by atoms with Gasteiger partial charge in [-0.2, -0.15) is 22.0 Å². The van der Waals surface area contributed by atoms with Crippen molar-refractivity contribution < 1.29 is 26.7 Å². The highest BCUT2D eigenvalue weighted by Gasteiger charge is 2.61. The zero-order chi connectivity index (χ0) is 23.2. The van der Waals surface area contributed by atoms with E-state index in [-0.39, 0.29) is 0 Å². The predicted molar refractivity (Wildman–Crippen MR) is 117 cm³/mol. The molecule has 0 aliphatic heterocycles. The number of unbranched alkanes of at least 4 members (excludes halogenated alkanes) is 3. The second-order valence-corrected chi connectivity index (χ2v) is 8.83. The lowest BCUT2D eigenvalue weighted by molar-refractivity contribution is -0.360. The normalized spacial score (nSPS) is 19.7. The molecule has 0 spiro atoms. The number of benzene rings is 2. The average Bonchev–Trinajstić information content (AvgIpc) is 2.77. The molecule has 6 heteroatoms. The van der Waals surface area contributed by atoms with Crippen LogP contribution >= 0.6 is 0 Å². The summed E-state index contributed by atoms with van der Waals surface area (Å²) in [5.74, 6) is 0.892. The van der Waals surface area contributed by atoms with E-state index in [0.29, 0.717) is 5.92 Å². The maximum atomic E-state index is 13.0. The molecule has 3 rings (SSSR count). The van der Waals surface area contributed by atoms with E-state index in [9.17, 15) is 22.0 Å². The van der Waals surface area contributed by atoms with Crippen molar-refractivity contribution in [2.24, 2.45) is 5.92 Å². The van der Waals surface area contributed by atoms with Crippen molar-refractivity contribution in [2.45, 2.75) is 82.9 Å². The molecule has 1 fully saturated rings. The van der Waals surface area contributed by atoms with Gasteiger partial charge in [0.1, 0.15) is 5.75 Å². The van der Waals surface area contributed by atoms with Gasteiger partial charge in [-0.25, -0.2) is 0 Å². The van der Waals surface area contributed by atoms with Crippen LogP contribution in [0.1, 0.15) is 76.2 Å². The highest BCUT2D eigenvalue weighted by atomic mass is 19.4. The molecule has 0 N–H and O–H groups in total. The van der Waals surface area contributed by atoms with Crippen LogP contribution in [0.4, 0.5) is 22.0 Å². The molecule has 0 atom stereocenters. The Bertz CT molecular complexity index is 819. The number of alkyl halides is 5. The first-order valence-corrected chi connectivity index (χ1v) is 11.5.